The zero-order valence-corrected chi connectivity index (χ0v) is 11.0. The Morgan fingerprint density at radius 3 is 2.74 bits per heavy atom. The lowest BCUT2D eigenvalue weighted by atomic mass is 10.2. The van der Waals surface area contributed by atoms with Crippen molar-refractivity contribution in [2.75, 3.05) is 30.8 Å². The van der Waals surface area contributed by atoms with Gasteiger partial charge in [0.25, 0.3) is 5.69 Å². The lowest BCUT2D eigenvalue weighted by Gasteiger charge is -2.19. The van der Waals surface area contributed by atoms with Gasteiger partial charge in [0.2, 0.25) is 5.91 Å². The molecule has 3 N–H and O–H groups in total. The molecule has 0 radical (unpaired) electrons. The fourth-order valence-corrected chi connectivity index (χ4v) is 1.57. The van der Waals surface area contributed by atoms with Gasteiger partial charge in [0.1, 0.15) is 5.69 Å². The first kappa shape index (κ1) is 14.7. The molecule has 1 aromatic rings. The molecule has 19 heavy (non-hydrogen) atoms. The molecule has 0 bridgehead atoms. The van der Waals surface area contributed by atoms with Crippen LogP contribution in [-0.4, -0.2) is 31.0 Å². The van der Waals surface area contributed by atoms with E-state index < -0.39 is 4.92 Å². The SMILES string of the molecule is CCCNC(=O)CN(C)c1ccc([N+](=O)[O-])c(N)c1. The molecule has 0 saturated heterocycles. The van der Waals surface area contributed by atoms with Crippen LogP contribution in [0.2, 0.25) is 0 Å². The minimum absolute atomic E-state index is 0.0864. The highest BCUT2D eigenvalue weighted by Crippen LogP contribution is 2.26. The molecule has 1 rings (SSSR count). The van der Waals surface area contributed by atoms with Crippen LogP contribution in [0.25, 0.3) is 0 Å². The summed E-state index contributed by atoms with van der Waals surface area (Å²) >= 11 is 0. The van der Waals surface area contributed by atoms with Crippen LogP contribution < -0.4 is 16.0 Å². The number of nitrogens with zero attached hydrogens (tertiary/aromatic N) is 2. The molecule has 0 aliphatic carbocycles. The van der Waals surface area contributed by atoms with E-state index in [9.17, 15) is 14.9 Å². The van der Waals surface area contributed by atoms with Gasteiger partial charge in [0, 0.05) is 25.3 Å². The van der Waals surface area contributed by atoms with E-state index in [1.807, 2.05) is 6.92 Å². The van der Waals surface area contributed by atoms with Gasteiger partial charge in [-0.2, -0.15) is 0 Å². The number of nitrogens with two attached hydrogens (primary N) is 1. The van der Waals surface area contributed by atoms with Crippen molar-refractivity contribution in [1.82, 2.24) is 5.32 Å². The maximum Gasteiger partial charge on any atom is 0.292 e. The number of rotatable bonds is 6. The number of nitrogens with one attached hydrogen (secondary N) is 1. The van der Waals surface area contributed by atoms with E-state index in [2.05, 4.69) is 5.32 Å². The van der Waals surface area contributed by atoms with Crippen molar-refractivity contribution in [2.24, 2.45) is 0 Å². The summed E-state index contributed by atoms with van der Waals surface area (Å²) in [6.45, 7) is 2.79. The molecule has 0 saturated carbocycles. The van der Waals surface area contributed by atoms with Crippen molar-refractivity contribution in [3.8, 4) is 0 Å². The molecule has 0 unspecified atom stereocenters. The molecular weight excluding hydrogens is 248 g/mol. The van der Waals surface area contributed by atoms with Gasteiger partial charge < -0.3 is 16.0 Å². The van der Waals surface area contributed by atoms with Gasteiger partial charge in [-0.1, -0.05) is 6.92 Å². The predicted molar refractivity (Wildman–Crippen MR) is 74.1 cm³/mol. The average molecular weight is 266 g/mol. The number of nitrogen functional groups attached to an aromatic ring is 1. The van der Waals surface area contributed by atoms with Crippen molar-refractivity contribution in [3.05, 3.63) is 28.3 Å². The third-order valence-electron chi connectivity index (χ3n) is 2.60. The number of nitro groups is 1. The molecule has 0 atom stereocenters. The van der Waals surface area contributed by atoms with Gasteiger partial charge in [-0.25, -0.2) is 0 Å². The quantitative estimate of drug-likeness (QED) is 0.456. The fraction of sp³-hybridized carbons (Fsp3) is 0.417. The summed E-state index contributed by atoms with van der Waals surface area (Å²) in [7, 11) is 1.73. The van der Waals surface area contributed by atoms with Crippen molar-refractivity contribution in [1.29, 1.82) is 0 Å². The zero-order valence-electron chi connectivity index (χ0n) is 11.0. The van der Waals surface area contributed by atoms with Crippen molar-refractivity contribution >= 4 is 23.0 Å². The van der Waals surface area contributed by atoms with Gasteiger partial charge in [-0.3, -0.25) is 14.9 Å². The zero-order chi connectivity index (χ0) is 14.4. The lowest BCUT2D eigenvalue weighted by molar-refractivity contribution is -0.383. The van der Waals surface area contributed by atoms with Crippen LogP contribution in [0.3, 0.4) is 0 Å². The van der Waals surface area contributed by atoms with Gasteiger partial charge >= 0.3 is 0 Å². The lowest BCUT2D eigenvalue weighted by Crippen LogP contribution is -2.35. The number of carbonyl (C=O) groups is 1. The first-order valence-electron chi connectivity index (χ1n) is 5.97. The molecule has 1 aromatic carbocycles. The smallest absolute Gasteiger partial charge is 0.292 e. The number of nitro benzene ring substituents is 1. The standard InChI is InChI=1S/C12H18N4O3/c1-3-6-14-12(17)8-15(2)9-4-5-11(16(18)19)10(13)7-9/h4-5,7H,3,6,8,13H2,1-2H3,(H,14,17). The van der Waals surface area contributed by atoms with E-state index in [0.29, 0.717) is 12.2 Å². The van der Waals surface area contributed by atoms with E-state index in [0.717, 1.165) is 6.42 Å². The van der Waals surface area contributed by atoms with Gasteiger partial charge in [0.15, 0.2) is 0 Å². The highest BCUT2D eigenvalue weighted by atomic mass is 16.6. The minimum atomic E-state index is -0.535. The molecule has 0 fully saturated rings. The van der Waals surface area contributed by atoms with Crippen LogP contribution in [0.15, 0.2) is 18.2 Å². The monoisotopic (exact) mass is 266 g/mol. The third-order valence-corrected chi connectivity index (χ3v) is 2.60. The molecular formula is C12H18N4O3. The van der Waals surface area contributed by atoms with E-state index in [-0.39, 0.29) is 23.8 Å². The summed E-state index contributed by atoms with van der Waals surface area (Å²) in [4.78, 5) is 23.4. The number of anilines is 2. The summed E-state index contributed by atoms with van der Waals surface area (Å²) in [5, 5.41) is 13.4. The van der Waals surface area contributed by atoms with Crippen molar-refractivity contribution < 1.29 is 9.72 Å². The predicted octanol–water partition coefficient (Wildman–Crippen LogP) is 1.14. The number of amides is 1. The number of likely N-dealkylation sites (N-methyl/N-ethyl adjacent to an activating group) is 1. The Labute approximate surface area is 111 Å². The third kappa shape index (κ3) is 4.13. The Balaban J connectivity index is 2.72. The summed E-state index contributed by atoms with van der Waals surface area (Å²) < 4.78 is 0. The maximum atomic E-state index is 11.6. The summed E-state index contributed by atoms with van der Waals surface area (Å²) in [6, 6.07) is 4.40. The molecule has 7 nitrogen and oxygen atoms in total. The highest BCUT2D eigenvalue weighted by Gasteiger charge is 2.13. The van der Waals surface area contributed by atoms with E-state index >= 15 is 0 Å². The summed E-state index contributed by atoms with van der Waals surface area (Å²) in [5.74, 6) is -0.0960. The van der Waals surface area contributed by atoms with E-state index in [4.69, 9.17) is 5.73 Å². The number of hydrogen-bond donors (Lipinski definition) is 2. The van der Waals surface area contributed by atoms with Crippen LogP contribution in [0.5, 0.6) is 0 Å². The minimum Gasteiger partial charge on any atom is -0.393 e. The van der Waals surface area contributed by atoms with E-state index in [1.54, 1.807) is 18.0 Å². The first-order chi connectivity index (χ1) is 8.95. The largest absolute Gasteiger partial charge is 0.393 e. The Morgan fingerprint density at radius 1 is 1.53 bits per heavy atom. The molecule has 0 aliphatic rings. The van der Waals surface area contributed by atoms with Crippen LogP contribution in [-0.2, 0) is 4.79 Å². The highest BCUT2D eigenvalue weighted by molar-refractivity contribution is 5.81. The Kier molecular flexibility index (Phi) is 5.11. The first-order valence-corrected chi connectivity index (χ1v) is 5.97. The average Bonchev–Trinajstić information content (AvgIpc) is 2.35. The molecule has 104 valence electrons. The Bertz CT molecular complexity index is 476. The topological polar surface area (TPSA) is 102 Å². The second-order valence-electron chi connectivity index (χ2n) is 4.21. The van der Waals surface area contributed by atoms with Gasteiger partial charge in [0.05, 0.1) is 11.5 Å². The molecule has 0 aromatic heterocycles. The van der Waals surface area contributed by atoms with Crippen molar-refractivity contribution in [2.45, 2.75) is 13.3 Å². The number of hydrogen-bond acceptors (Lipinski definition) is 5. The van der Waals surface area contributed by atoms with Crippen LogP contribution in [0.1, 0.15) is 13.3 Å². The van der Waals surface area contributed by atoms with Gasteiger partial charge in [-0.15, -0.1) is 0 Å². The molecule has 0 spiro atoms. The molecule has 1 amide bonds. The van der Waals surface area contributed by atoms with Crippen LogP contribution in [0.4, 0.5) is 17.1 Å². The molecule has 7 heteroatoms. The van der Waals surface area contributed by atoms with E-state index in [1.165, 1.54) is 12.1 Å². The Hall–Kier alpha value is -2.31. The van der Waals surface area contributed by atoms with Crippen LogP contribution in [0, 0.1) is 10.1 Å². The summed E-state index contributed by atoms with van der Waals surface area (Å²) in [6.07, 6.45) is 0.875. The Morgan fingerprint density at radius 2 is 2.21 bits per heavy atom. The number of benzene rings is 1. The van der Waals surface area contributed by atoms with Crippen LogP contribution >= 0.6 is 0 Å². The molecule has 0 aliphatic heterocycles. The fourth-order valence-electron chi connectivity index (χ4n) is 1.57. The maximum absolute atomic E-state index is 11.6. The second kappa shape index (κ2) is 6.58. The number of carbonyl (C=O) groups excluding carboxylic acids is 1. The molecule has 0 heterocycles. The normalized spacial score (nSPS) is 10.0. The van der Waals surface area contributed by atoms with Gasteiger partial charge in [-0.05, 0) is 18.6 Å². The summed E-state index contributed by atoms with van der Waals surface area (Å²) in [5.41, 5.74) is 6.22. The second-order valence-corrected chi connectivity index (χ2v) is 4.21. The van der Waals surface area contributed by atoms with Crippen molar-refractivity contribution in [3.63, 3.8) is 0 Å².